The molecule has 0 aliphatic heterocycles. The van der Waals surface area contributed by atoms with E-state index in [4.69, 9.17) is 9.47 Å². The van der Waals surface area contributed by atoms with Crippen molar-refractivity contribution < 1.29 is 19.2 Å². The van der Waals surface area contributed by atoms with Gasteiger partial charge in [-0.3, -0.25) is 14.9 Å². The predicted octanol–water partition coefficient (Wildman–Crippen LogP) is 4.02. The Labute approximate surface area is 158 Å². The Balaban J connectivity index is 2.03. The first-order chi connectivity index (χ1) is 13.0. The van der Waals surface area contributed by atoms with E-state index in [0.717, 1.165) is 18.4 Å². The van der Waals surface area contributed by atoms with E-state index in [1.807, 2.05) is 18.2 Å². The van der Waals surface area contributed by atoms with E-state index in [2.05, 4.69) is 12.2 Å². The van der Waals surface area contributed by atoms with Gasteiger partial charge in [0.05, 0.1) is 18.6 Å². The van der Waals surface area contributed by atoms with Crippen molar-refractivity contribution in [1.29, 1.82) is 0 Å². The molecule has 0 atom stereocenters. The van der Waals surface area contributed by atoms with Crippen LogP contribution in [0.1, 0.15) is 41.3 Å². The summed E-state index contributed by atoms with van der Waals surface area (Å²) in [5, 5.41) is 13.6. The lowest BCUT2D eigenvalue weighted by molar-refractivity contribution is -0.384. The monoisotopic (exact) mass is 372 g/mol. The van der Waals surface area contributed by atoms with Gasteiger partial charge in [0.2, 0.25) is 0 Å². The average Bonchev–Trinajstić information content (AvgIpc) is 2.66. The van der Waals surface area contributed by atoms with Crippen molar-refractivity contribution in [3.8, 4) is 11.5 Å². The van der Waals surface area contributed by atoms with Gasteiger partial charge in [-0.25, -0.2) is 0 Å². The number of methoxy groups -OCH3 is 1. The average molecular weight is 372 g/mol. The highest BCUT2D eigenvalue weighted by Gasteiger charge is 2.14. The van der Waals surface area contributed by atoms with Crippen LogP contribution in [0.25, 0.3) is 0 Å². The number of nitrogens with zero attached hydrogens (tertiary/aromatic N) is 1. The quantitative estimate of drug-likeness (QED) is 0.408. The SMILES string of the molecule is CCCCOc1ccc(CNC(=O)c2ccc([N+](=O)[O-])cc2C)cc1OC. The Bertz CT molecular complexity index is 820. The molecule has 2 aromatic rings. The van der Waals surface area contributed by atoms with Crippen LogP contribution in [0.2, 0.25) is 0 Å². The van der Waals surface area contributed by atoms with Crippen molar-refractivity contribution in [2.45, 2.75) is 33.2 Å². The van der Waals surface area contributed by atoms with Crippen molar-refractivity contribution in [1.82, 2.24) is 5.32 Å². The Morgan fingerprint density at radius 1 is 1.19 bits per heavy atom. The predicted molar refractivity (Wildman–Crippen MR) is 102 cm³/mol. The summed E-state index contributed by atoms with van der Waals surface area (Å²) in [6, 6.07) is 9.70. The van der Waals surface area contributed by atoms with Gasteiger partial charge in [-0.05, 0) is 42.7 Å². The van der Waals surface area contributed by atoms with E-state index in [1.54, 1.807) is 14.0 Å². The molecule has 0 aromatic heterocycles. The highest BCUT2D eigenvalue weighted by atomic mass is 16.6. The van der Waals surface area contributed by atoms with Gasteiger partial charge < -0.3 is 14.8 Å². The Morgan fingerprint density at radius 2 is 1.96 bits per heavy atom. The minimum absolute atomic E-state index is 0.0348. The van der Waals surface area contributed by atoms with Crippen LogP contribution in [0.5, 0.6) is 11.5 Å². The number of hydrogen-bond donors (Lipinski definition) is 1. The third-order valence-electron chi connectivity index (χ3n) is 4.10. The summed E-state index contributed by atoms with van der Waals surface area (Å²) in [5.41, 5.74) is 1.79. The molecule has 2 rings (SSSR count). The topological polar surface area (TPSA) is 90.7 Å². The number of carbonyl (C=O) groups excluding carboxylic acids is 1. The lowest BCUT2D eigenvalue weighted by atomic mass is 10.1. The summed E-state index contributed by atoms with van der Waals surface area (Å²) < 4.78 is 11.1. The van der Waals surface area contributed by atoms with Crippen molar-refractivity contribution in [3.63, 3.8) is 0 Å². The van der Waals surface area contributed by atoms with Crippen LogP contribution in [0.4, 0.5) is 5.69 Å². The number of rotatable bonds is 9. The zero-order valence-corrected chi connectivity index (χ0v) is 15.8. The third-order valence-corrected chi connectivity index (χ3v) is 4.10. The Kier molecular flexibility index (Phi) is 7.16. The van der Waals surface area contributed by atoms with Crippen LogP contribution in [0.3, 0.4) is 0 Å². The fraction of sp³-hybridized carbons (Fsp3) is 0.350. The second-order valence-electron chi connectivity index (χ2n) is 6.13. The van der Waals surface area contributed by atoms with E-state index in [9.17, 15) is 14.9 Å². The number of nitro benzene ring substituents is 1. The van der Waals surface area contributed by atoms with Crippen LogP contribution in [0.15, 0.2) is 36.4 Å². The number of nitrogens with one attached hydrogen (secondary N) is 1. The van der Waals surface area contributed by atoms with E-state index in [0.29, 0.717) is 35.8 Å². The van der Waals surface area contributed by atoms with Crippen LogP contribution in [0, 0.1) is 17.0 Å². The normalized spacial score (nSPS) is 10.3. The molecule has 7 nitrogen and oxygen atoms in total. The third kappa shape index (κ3) is 5.44. The molecule has 2 aromatic carbocycles. The van der Waals surface area contributed by atoms with Gasteiger partial charge in [-0.2, -0.15) is 0 Å². The number of aryl methyl sites for hydroxylation is 1. The summed E-state index contributed by atoms with van der Waals surface area (Å²) >= 11 is 0. The van der Waals surface area contributed by atoms with E-state index in [1.165, 1.54) is 18.2 Å². The molecule has 0 heterocycles. The number of nitro groups is 1. The van der Waals surface area contributed by atoms with Crippen LogP contribution in [-0.4, -0.2) is 24.5 Å². The molecule has 1 N–H and O–H groups in total. The standard InChI is InChI=1S/C20H24N2O5/c1-4-5-10-27-18-9-6-15(12-19(18)26-3)13-21-20(23)17-8-7-16(22(24)25)11-14(17)2/h6-9,11-12H,4-5,10,13H2,1-3H3,(H,21,23). The van der Waals surface area contributed by atoms with Gasteiger partial charge >= 0.3 is 0 Å². The smallest absolute Gasteiger partial charge is 0.269 e. The molecule has 144 valence electrons. The fourth-order valence-corrected chi connectivity index (χ4v) is 2.56. The first-order valence-corrected chi connectivity index (χ1v) is 8.79. The van der Waals surface area contributed by atoms with Gasteiger partial charge in [-0.15, -0.1) is 0 Å². The fourth-order valence-electron chi connectivity index (χ4n) is 2.56. The van der Waals surface area contributed by atoms with Gasteiger partial charge in [0, 0.05) is 24.2 Å². The number of ether oxygens (including phenoxy) is 2. The minimum atomic E-state index is -0.481. The highest BCUT2D eigenvalue weighted by molar-refractivity contribution is 5.95. The Morgan fingerprint density at radius 3 is 2.59 bits per heavy atom. The zero-order valence-electron chi connectivity index (χ0n) is 15.8. The molecule has 0 bridgehead atoms. The van der Waals surface area contributed by atoms with Crippen molar-refractivity contribution in [2.75, 3.05) is 13.7 Å². The maximum atomic E-state index is 12.4. The highest BCUT2D eigenvalue weighted by Crippen LogP contribution is 2.28. The molecule has 0 fully saturated rings. The summed E-state index contributed by atoms with van der Waals surface area (Å²) in [6.45, 7) is 4.70. The van der Waals surface area contributed by atoms with Gasteiger partial charge in [0.15, 0.2) is 11.5 Å². The van der Waals surface area contributed by atoms with Crippen LogP contribution in [-0.2, 0) is 6.54 Å². The Hall–Kier alpha value is -3.09. The molecular weight excluding hydrogens is 348 g/mol. The molecule has 7 heteroatoms. The first-order valence-electron chi connectivity index (χ1n) is 8.79. The molecule has 0 saturated carbocycles. The van der Waals surface area contributed by atoms with Crippen molar-refractivity contribution in [2.24, 2.45) is 0 Å². The molecular formula is C20H24N2O5. The number of carbonyl (C=O) groups is 1. The summed E-state index contributed by atoms with van der Waals surface area (Å²) in [6.07, 6.45) is 2.02. The number of hydrogen-bond acceptors (Lipinski definition) is 5. The molecule has 0 radical (unpaired) electrons. The largest absolute Gasteiger partial charge is 0.493 e. The van der Waals surface area contributed by atoms with Crippen molar-refractivity contribution in [3.05, 3.63) is 63.2 Å². The van der Waals surface area contributed by atoms with Gasteiger partial charge in [0.1, 0.15) is 0 Å². The number of non-ortho nitro benzene ring substituents is 1. The van der Waals surface area contributed by atoms with E-state index < -0.39 is 4.92 Å². The van der Waals surface area contributed by atoms with E-state index in [-0.39, 0.29) is 11.6 Å². The first kappa shape index (κ1) is 20.2. The summed E-state index contributed by atoms with van der Waals surface area (Å²) in [7, 11) is 1.57. The van der Waals surface area contributed by atoms with Crippen LogP contribution >= 0.6 is 0 Å². The lowest BCUT2D eigenvalue weighted by Crippen LogP contribution is -2.23. The summed E-state index contributed by atoms with van der Waals surface area (Å²) in [4.78, 5) is 22.7. The second-order valence-corrected chi connectivity index (χ2v) is 6.13. The molecule has 0 aliphatic carbocycles. The zero-order chi connectivity index (χ0) is 19.8. The lowest BCUT2D eigenvalue weighted by Gasteiger charge is -2.13. The maximum Gasteiger partial charge on any atom is 0.269 e. The molecule has 27 heavy (non-hydrogen) atoms. The number of unbranched alkanes of at least 4 members (excludes halogenated alkanes) is 1. The number of amides is 1. The number of benzene rings is 2. The minimum Gasteiger partial charge on any atom is -0.493 e. The molecule has 0 saturated heterocycles. The van der Waals surface area contributed by atoms with Gasteiger partial charge in [0.25, 0.3) is 11.6 Å². The second kappa shape index (κ2) is 9.56. The van der Waals surface area contributed by atoms with Gasteiger partial charge in [-0.1, -0.05) is 19.4 Å². The molecule has 0 spiro atoms. The molecule has 1 amide bonds. The van der Waals surface area contributed by atoms with Crippen molar-refractivity contribution >= 4 is 11.6 Å². The van der Waals surface area contributed by atoms with Crippen LogP contribution < -0.4 is 14.8 Å². The maximum absolute atomic E-state index is 12.4. The van der Waals surface area contributed by atoms with E-state index >= 15 is 0 Å². The summed E-state index contributed by atoms with van der Waals surface area (Å²) in [5.74, 6) is 1.00. The molecule has 0 unspecified atom stereocenters. The molecule has 0 aliphatic rings.